The van der Waals surface area contributed by atoms with Crippen LogP contribution < -0.4 is 5.32 Å². The maximum absolute atomic E-state index is 11.9. The molecule has 1 aromatic carbocycles. The molecule has 2 rings (SSSR count). The van der Waals surface area contributed by atoms with Crippen molar-refractivity contribution < 1.29 is 9.90 Å². The van der Waals surface area contributed by atoms with Gasteiger partial charge < -0.3 is 5.11 Å². The van der Waals surface area contributed by atoms with Crippen molar-refractivity contribution in [1.29, 1.82) is 0 Å². The number of carbonyl (C=O) groups is 1. The number of hydrogen-bond acceptors (Lipinski definition) is 2. The van der Waals surface area contributed by atoms with E-state index in [9.17, 15) is 9.90 Å². The van der Waals surface area contributed by atoms with Gasteiger partial charge in [0, 0.05) is 6.54 Å². The molecule has 2 atom stereocenters. The van der Waals surface area contributed by atoms with Crippen LogP contribution in [0.25, 0.3) is 0 Å². The number of nitrogens with one attached hydrogen (secondary N) is 1. The van der Waals surface area contributed by atoms with Gasteiger partial charge in [-0.3, -0.25) is 10.1 Å². The van der Waals surface area contributed by atoms with Crippen LogP contribution in [0.1, 0.15) is 57.4 Å². The van der Waals surface area contributed by atoms with Crippen LogP contribution in [0.2, 0.25) is 0 Å². The van der Waals surface area contributed by atoms with Crippen LogP contribution in [0.3, 0.4) is 0 Å². The fraction of sp³-hybridized carbons (Fsp3) is 0.611. The second kappa shape index (κ2) is 7.60. The molecule has 1 aliphatic rings. The molecule has 0 spiro atoms. The Labute approximate surface area is 127 Å². The Morgan fingerprint density at radius 2 is 2.05 bits per heavy atom. The summed E-state index contributed by atoms with van der Waals surface area (Å²) in [5.41, 5.74) is 0.408. The van der Waals surface area contributed by atoms with E-state index < -0.39 is 11.5 Å². The molecule has 0 amide bonds. The molecule has 1 saturated carbocycles. The van der Waals surface area contributed by atoms with Crippen LogP contribution in [0, 0.1) is 5.92 Å². The Morgan fingerprint density at radius 3 is 2.71 bits per heavy atom. The zero-order chi connectivity index (χ0) is 15.1. The SMILES string of the molecule is CCCC1CCCC(NCc2ccccc2)(C(=O)O)CC1. The third-order valence-corrected chi connectivity index (χ3v) is 4.78. The summed E-state index contributed by atoms with van der Waals surface area (Å²) in [6, 6.07) is 10.1. The van der Waals surface area contributed by atoms with Gasteiger partial charge >= 0.3 is 5.97 Å². The molecule has 0 saturated heterocycles. The maximum atomic E-state index is 11.9. The van der Waals surface area contributed by atoms with Crippen molar-refractivity contribution >= 4 is 5.97 Å². The van der Waals surface area contributed by atoms with E-state index in [1.54, 1.807) is 0 Å². The van der Waals surface area contributed by atoms with Crippen LogP contribution in [-0.2, 0) is 11.3 Å². The van der Waals surface area contributed by atoms with E-state index in [4.69, 9.17) is 0 Å². The lowest BCUT2D eigenvalue weighted by Gasteiger charge is -2.29. The molecule has 0 bridgehead atoms. The number of carboxylic acids is 1. The maximum Gasteiger partial charge on any atom is 0.323 e. The first kappa shape index (κ1) is 16.0. The van der Waals surface area contributed by atoms with E-state index in [-0.39, 0.29) is 0 Å². The van der Waals surface area contributed by atoms with E-state index in [1.165, 1.54) is 19.3 Å². The Bertz CT molecular complexity index is 446. The number of rotatable bonds is 6. The topological polar surface area (TPSA) is 49.3 Å². The summed E-state index contributed by atoms with van der Waals surface area (Å²) in [6.07, 6.45) is 7.14. The molecule has 2 N–H and O–H groups in total. The summed E-state index contributed by atoms with van der Waals surface area (Å²) in [5.74, 6) is 0.0188. The molecule has 0 radical (unpaired) electrons. The highest BCUT2D eigenvalue weighted by Gasteiger charge is 2.39. The predicted octanol–water partition coefficient (Wildman–Crippen LogP) is 3.98. The minimum Gasteiger partial charge on any atom is -0.480 e. The Balaban J connectivity index is 2.01. The monoisotopic (exact) mass is 289 g/mol. The van der Waals surface area contributed by atoms with Gasteiger partial charge in [0.2, 0.25) is 0 Å². The van der Waals surface area contributed by atoms with Crippen LogP contribution in [0.15, 0.2) is 30.3 Å². The number of aliphatic carboxylic acids is 1. The van der Waals surface area contributed by atoms with Gasteiger partial charge in [-0.15, -0.1) is 0 Å². The lowest BCUT2D eigenvalue weighted by molar-refractivity contribution is -0.145. The Kier molecular flexibility index (Phi) is 5.80. The second-order valence-corrected chi connectivity index (χ2v) is 6.31. The van der Waals surface area contributed by atoms with Gasteiger partial charge in [0.25, 0.3) is 0 Å². The molecule has 1 aromatic rings. The molecule has 116 valence electrons. The highest BCUT2D eigenvalue weighted by molar-refractivity contribution is 5.78. The third-order valence-electron chi connectivity index (χ3n) is 4.78. The fourth-order valence-corrected chi connectivity index (χ4v) is 3.44. The average molecular weight is 289 g/mol. The largest absolute Gasteiger partial charge is 0.480 e. The van der Waals surface area contributed by atoms with E-state index in [1.807, 2.05) is 30.3 Å². The van der Waals surface area contributed by atoms with Gasteiger partial charge in [-0.1, -0.05) is 62.9 Å². The molecular weight excluding hydrogens is 262 g/mol. The van der Waals surface area contributed by atoms with Gasteiger partial charge in [-0.05, 0) is 30.7 Å². The van der Waals surface area contributed by atoms with E-state index in [0.29, 0.717) is 12.5 Å². The number of carboxylic acid groups (broad SMARTS) is 1. The minimum absolute atomic E-state index is 0.631. The highest BCUT2D eigenvalue weighted by Crippen LogP contribution is 2.33. The van der Waals surface area contributed by atoms with Crippen molar-refractivity contribution in [2.75, 3.05) is 0 Å². The van der Waals surface area contributed by atoms with Crippen molar-refractivity contribution in [3.63, 3.8) is 0 Å². The third kappa shape index (κ3) is 4.31. The van der Waals surface area contributed by atoms with Crippen molar-refractivity contribution in [3.05, 3.63) is 35.9 Å². The van der Waals surface area contributed by atoms with Gasteiger partial charge in [0.05, 0.1) is 0 Å². The predicted molar refractivity (Wildman–Crippen MR) is 85.1 cm³/mol. The average Bonchev–Trinajstić information content (AvgIpc) is 2.70. The lowest BCUT2D eigenvalue weighted by atomic mass is 9.88. The summed E-state index contributed by atoms with van der Waals surface area (Å²) in [4.78, 5) is 11.9. The Morgan fingerprint density at radius 1 is 1.29 bits per heavy atom. The molecule has 0 aliphatic heterocycles. The highest BCUT2D eigenvalue weighted by atomic mass is 16.4. The van der Waals surface area contributed by atoms with Gasteiger partial charge in [-0.2, -0.15) is 0 Å². The summed E-state index contributed by atoms with van der Waals surface area (Å²) in [5, 5.41) is 13.1. The standard InChI is InChI=1S/C18H27NO2/c1-2-7-15-10-6-12-18(13-11-15,17(20)21)19-14-16-8-4-3-5-9-16/h3-5,8-9,15,19H,2,6-7,10-14H2,1H3,(H,20,21). The summed E-state index contributed by atoms with van der Waals surface area (Å²) in [6.45, 7) is 2.84. The zero-order valence-electron chi connectivity index (χ0n) is 13.0. The van der Waals surface area contributed by atoms with Crippen molar-refractivity contribution in [1.82, 2.24) is 5.32 Å². The van der Waals surface area contributed by atoms with Crippen LogP contribution in [0.5, 0.6) is 0 Å². The van der Waals surface area contributed by atoms with Crippen molar-refractivity contribution in [3.8, 4) is 0 Å². The molecule has 3 nitrogen and oxygen atoms in total. The van der Waals surface area contributed by atoms with Crippen LogP contribution in [0.4, 0.5) is 0 Å². The first-order valence-electron chi connectivity index (χ1n) is 8.18. The van der Waals surface area contributed by atoms with Gasteiger partial charge in [0.15, 0.2) is 0 Å². The molecule has 0 aromatic heterocycles. The first-order chi connectivity index (χ1) is 10.2. The molecule has 21 heavy (non-hydrogen) atoms. The summed E-state index contributed by atoms with van der Waals surface area (Å²) >= 11 is 0. The van der Waals surface area contributed by atoms with Crippen LogP contribution >= 0.6 is 0 Å². The quantitative estimate of drug-likeness (QED) is 0.779. The molecule has 1 fully saturated rings. The van der Waals surface area contributed by atoms with Gasteiger partial charge in [0.1, 0.15) is 5.54 Å². The van der Waals surface area contributed by atoms with E-state index in [0.717, 1.165) is 31.2 Å². The number of benzene rings is 1. The first-order valence-corrected chi connectivity index (χ1v) is 8.18. The zero-order valence-corrected chi connectivity index (χ0v) is 13.0. The molecule has 0 heterocycles. The fourth-order valence-electron chi connectivity index (χ4n) is 3.44. The molecule has 1 aliphatic carbocycles. The van der Waals surface area contributed by atoms with Gasteiger partial charge in [-0.25, -0.2) is 0 Å². The van der Waals surface area contributed by atoms with Crippen molar-refractivity contribution in [2.24, 2.45) is 5.92 Å². The Hall–Kier alpha value is -1.35. The van der Waals surface area contributed by atoms with Crippen LogP contribution in [-0.4, -0.2) is 16.6 Å². The minimum atomic E-state index is -0.738. The molecular formula is C18H27NO2. The second-order valence-electron chi connectivity index (χ2n) is 6.31. The molecule has 3 heteroatoms. The smallest absolute Gasteiger partial charge is 0.323 e. The number of hydrogen-bond donors (Lipinski definition) is 2. The van der Waals surface area contributed by atoms with Crippen molar-refractivity contribution in [2.45, 2.75) is 64.0 Å². The normalized spacial score (nSPS) is 26.2. The molecule has 2 unspecified atom stereocenters. The summed E-state index contributed by atoms with van der Waals surface area (Å²) < 4.78 is 0. The lowest BCUT2D eigenvalue weighted by Crippen LogP contribution is -2.51. The van der Waals surface area contributed by atoms with E-state index >= 15 is 0 Å². The van der Waals surface area contributed by atoms with E-state index in [2.05, 4.69) is 12.2 Å². The summed E-state index contributed by atoms with van der Waals surface area (Å²) in [7, 11) is 0.